The van der Waals surface area contributed by atoms with Crippen molar-refractivity contribution < 1.29 is 9.53 Å². The Morgan fingerprint density at radius 1 is 1.29 bits per heavy atom. The Bertz CT molecular complexity index is 441. The van der Waals surface area contributed by atoms with E-state index in [9.17, 15) is 4.79 Å². The van der Waals surface area contributed by atoms with Gasteiger partial charge in [0.1, 0.15) is 5.54 Å². The zero-order chi connectivity index (χ0) is 15.1. The van der Waals surface area contributed by atoms with Crippen LogP contribution in [0, 0.1) is 0 Å². The zero-order valence-corrected chi connectivity index (χ0v) is 13.1. The first kappa shape index (κ1) is 16.0. The molecule has 0 aromatic carbocycles. The predicted molar refractivity (Wildman–Crippen MR) is 82.8 cm³/mol. The van der Waals surface area contributed by atoms with E-state index in [1.54, 1.807) is 12.4 Å². The highest BCUT2D eigenvalue weighted by atomic mass is 16.5. The summed E-state index contributed by atoms with van der Waals surface area (Å²) in [6.45, 7) is 4.16. The first-order valence-electron chi connectivity index (χ1n) is 8.02. The van der Waals surface area contributed by atoms with Gasteiger partial charge in [-0.3, -0.25) is 10.3 Å². The Labute approximate surface area is 127 Å². The zero-order valence-electron chi connectivity index (χ0n) is 13.1. The third-order valence-corrected chi connectivity index (χ3v) is 4.29. The number of nitrogens with zero attached hydrogens (tertiary/aromatic N) is 1. The normalized spacial score (nSPS) is 19.5. The Morgan fingerprint density at radius 3 is 2.48 bits per heavy atom. The summed E-state index contributed by atoms with van der Waals surface area (Å²) in [5.74, 6) is -0.208. The molecule has 0 amide bonds. The van der Waals surface area contributed by atoms with E-state index >= 15 is 0 Å². The summed E-state index contributed by atoms with van der Waals surface area (Å²) < 4.78 is 5.31. The van der Waals surface area contributed by atoms with Gasteiger partial charge in [0.2, 0.25) is 0 Å². The summed E-state index contributed by atoms with van der Waals surface area (Å²) in [4.78, 5) is 16.6. The maximum absolute atomic E-state index is 12.5. The molecule has 1 fully saturated rings. The Balaban J connectivity index is 2.21. The summed E-state index contributed by atoms with van der Waals surface area (Å²) in [7, 11) is 0. The molecule has 1 atom stereocenters. The van der Waals surface area contributed by atoms with Gasteiger partial charge in [0.25, 0.3) is 0 Å². The number of carbonyl (C=O) groups excluding carboxylic acids is 1. The monoisotopic (exact) mass is 290 g/mol. The van der Waals surface area contributed by atoms with E-state index in [4.69, 9.17) is 4.74 Å². The van der Waals surface area contributed by atoms with Crippen molar-refractivity contribution in [2.75, 3.05) is 6.61 Å². The second kappa shape index (κ2) is 7.55. The molecule has 0 bridgehead atoms. The SMILES string of the molecule is CCOC(=O)C(C)(NC1CCCCCC1)c1ccncc1. The first-order chi connectivity index (χ1) is 10.2. The summed E-state index contributed by atoms with van der Waals surface area (Å²) >= 11 is 0. The molecule has 1 heterocycles. The van der Waals surface area contributed by atoms with Crippen molar-refractivity contribution in [2.45, 2.75) is 64.0 Å². The lowest BCUT2D eigenvalue weighted by molar-refractivity contribution is -0.151. The molecule has 1 unspecified atom stereocenters. The fourth-order valence-electron chi connectivity index (χ4n) is 3.05. The van der Waals surface area contributed by atoms with Crippen molar-refractivity contribution in [3.63, 3.8) is 0 Å². The van der Waals surface area contributed by atoms with E-state index in [2.05, 4.69) is 10.3 Å². The van der Waals surface area contributed by atoms with Crippen molar-refractivity contribution in [3.05, 3.63) is 30.1 Å². The van der Waals surface area contributed by atoms with E-state index in [0.29, 0.717) is 12.6 Å². The molecule has 4 heteroatoms. The highest BCUT2D eigenvalue weighted by Gasteiger charge is 2.38. The number of hydrogen-bond donors (Lipinski definition) is 1. The third-order valence-electron chi connectivity index (χ3n) is 4.29. The van der Waals surface area contributed by atoms with Crippen molar-refractivity contribution in [1.82, 2.24) is 10.3 Å². The maximum atomic E-state index is 12.5. The quantitative estimate of drug-likeness (QED) is 0.668. The van der Waals surface area contributed by atoms with Gasteiger partial charge in [-0.25, -0.2) is 4.79 Å². The van der Waals surface area contributed by atoms with Gasteiger partial charge in [-0.15, -0.1) is 0 Å². The van der Waals surface area contributed by atoms with Crippen LogP contribution in [0.4, 0.5) is 0 Å². The molecular formula is C17H26N2O2. The van der Waals surface area contributed by atoms with Gasteiger partial charge >= 0.3 is 5.97 Å². The molecule has 2 rings (SSSR count). The van der Waals surface area contributed by atoms with Crippen LogP contribution in [-0.4, -0.2) is 23.6 Å². The Morgan fingerprint density at radius 2 is 1.90 bits per heavy atom. The van der Waals surface area contributed by atoms with Crippen LogP contribution in [-0.2, 0) is 15.1 Å². The highest BCUT2D eigenvalue weighted by Crippen LogP contribution is 2.26. The standard InChI is InChI=1S/C17H26N2O2/c1-3-21-16(20)17(2,14-10-12-18-13-11-14)19-15-8-6-4-5-7-9-15/h10-13,15,19H,3-9H2,1-2H3. The first-order valence-corrected chi connectivity index (χ1v) is 8.02. The second-order valence-electron chi connectivity index (χ2n) is 5.91. The molecule has 21 heavy (non-hydrogen) atoms. The average molecular weight is 290 g/mol. The second-order valence-corrected chi connectivity index (χ2v) is 5.91. The number of aromatic nitrogens is 1. The molecule has 1 aliphatic carbocycles. The van der Waals surface area contributed by atoms with Crippen LogP contribution >= 0.6 is 0 Å². The van der Waals surface area contributed by atoms with Gasteiger partial charge in [-0.1, -0.05) is 25.7 Å². The van der Waals surface area contributed by atoms with Gasteiger partial charge in [-0.2, -0.15) is 0 Å². The molecule has 1 N–H and O–H groups in total. The maximum Gasteiger partial charge on any atom is 0.330 e. The van der Waals surface area contributed by atoms with Crippen LogP contribution < -0.4 is 5.32 Å². The predicted octanol–water partition coefficient (Wildman–Crippen LogP) is 3.17. The minimum Gasteiger partial charge on any atom is -0.464 e. The molecule has 0 saturated heterocycles. The molecule has 0 aliphatic heterocycles. The molecule has 1 aliphatic rings. The van der Waals surface area contributed by atoms with Crippen molar-refractivity contribution in [1.29, 1.82) is 0 Å². The van der Waals surface area contributed by atoms with E-state index < -0.39 is 5.54 Å². The molecule has 1 saturated carbocycles. The third kappa shape index (κ3) is 4.03. The van der Waals surface area contributed by atoms with E-state index in [-0.39, 0.29) is 5.97 Å². The van der Waals surface area contributed by atoms with Crippen molar-refractivity contribution in [2.24, 2.45) is 0 Å². The number of ether oxygens (including phenoxy) is 1. The van der Waals surface area contributed by atoms with Crippen LogP contribution in [0.2, 0.25) is 0 Å². The minimum absolute atomic E-state index is 0.208. The fourth-order valence-corrected chi connectivity index (χ4v) is 3.05. The molecule has 4 nitrogen and oxygen atoms in total. The lowest BCUT2D eigenvalue weighted by Crippen LogP contribution is -2.52. The minimum atomic E-state index is -0.798. The van der Waals surface area contributed by atoms with Crippen molar-refractivity contribution >= 4 is 5.97 Å². The largest absolute Gasteiger partial charge is 0.464 e. The number of esters is 1. The van der Waals surface area contributed by atoms with Crippen LogP contribution in [0.15, 0.2) is 24.5 Å². The average Bonchev–Trinajstić information content (AvgIpc) is 2.77. The van der Waals surface area contributed by atoms with Crippen LogP contribution in [0.1, 0.15) is 57.9 Å². The summed E-state index contributed by atoms with van der Waals surface area (Å²) in [6, 6.07) is 4.15. The molecule has 1 aromatic heterocycles. The van der Waals surface area contributed by atoms with E-state index in [0.717, 1.165) is 18.4 Å². The Hall–Kier alpha value is -1.42. The number of pyridine rings is 1. The fraction of sp³-hybridized carbons (Fsp3) is 0.647. The van der Waals surface area contributed by atoms with Crippen LogP contribution in [0.3, 0.4) is 0 Å². The van der Waals surface area contributed by atoms with Gasteiger partial charge in [0.15, 0.2) is 0 Å². The summed E-state index contributed by atoms with van der Waals surface area (Å²) in [5, 5.41) is 3.57. The highest BCUT2D eigenvalue weighted by molar-refractivity contribution is 5.82. The van der Waals surface area contributed by atoms with Gasteiger partial charge in [0.05, 0.1) is 6.61 Å². The lowest BCUT2D eigenvalue weighted by atomic mass is 9.90. The van der Waals surface area contributed by atoms with E-state index in [1.165, 1.54) is 25.7 Å². The number of carbonyl (C=O) groups is 1. The van der Waals surface area contributed by atoms with Gasteiger partial charge < -0.3 is 4.74 Å². The molecular weight excluding hydrogens is 264 g/mol. The molecule has 1 aromatic rings. The molecule has 116 valence electrons. The van der Waals surface area contributed by atoms with Crippen molar-refractivity contribution in [3.8, 4) is 0 Å². The Kier molecular flexibility index (Phi) is 5.74. The van der Waals surface area contributed by atoms with Crippen LogP contribution in [0.5, 0.6) is 0 Å². The number of nitrogens with one attached hydrogen (secondary N) is 1. The van der Waals surface area contributed by atoms with E-state index in [1.807, 2.05) is 26.0 Å². The number of hydrogen-bond acceptors (Lipinski definition) is 4. The summed E-state index contributed by atoms with van der Waals surface area (Å²) in [6.07, 6.45) is 10.7. The lowest BCUT2D eigenvalue weighted by Gasteiger charge is -2.33. The smallest absolute Gasteiger partial charge is 0.330 e. The topological polar surface area (TPSA) is 51.2 Å². The number of rotatable bonds is 5. The van der Waals surface area contributed by atoms with Crippen LogP contribution in [0.25, 0.3) is 0 Å². The summed E-state index contributed by atoms with van der Waals surface area (Å²) in [5.41, 5.74) is 0.119. The molecule has 0 radical (unpaired) electrons. The van der Waals surface area contributed by atoms with Gasteiger partial charge in [-0.05, 0) is 44.4 Å². The van der Waals surface area contributed by atoms with Gasteiger partial charge in [0, 0.05) is 18.4 Å². The molecule has 0 spiro atoms.